The van der Waals surface area contributed by atoms with Crippen LogP contribution in [0.4, 0.5) is 8.78 Å². The monoisotopic (exact) mass is 369 g/mol. The molecule has 20 heavy (non-hydrogen) atoms. The molecule has 0 atom stereocenters. The first-order valence-corrected chi connectivity index (χ1v) is 6.59. The van der Waals surface area contributed by atoms with Gasteiger partial charge in [-0.15, -0.1) is 0 Å². The Morgan fingerprint density at radius 2 is 2.00 bits per heavy atom. The van der Waals surface area contributed by atoms with E-state index in [1.807, 2.05) is 0 Å². The van der Waals surface area contributed by atoms with E-state index in [1.54, 1.807) is 0 Å². The van der Waals surface area contributed by atoms with E-state index in [0.29, 0.717) is 6.07 Å². The first kappa shape index (κ1) is 16.8. The summed E-state index contributed by atoms with van der Waals surface area (Å²) in [6, 6.07) is 0.689. The van der Waals surface area contributed by atoms with Gasteiger partial charge < -0.3 is 10.4 Å². The number of amides is 1. The summed E-state index contributed by atoms with van der Waals surface area (Å²) in [4.78, 5) is 22.6. The van der Waals surface area contributed by atoms with Crippen molar-refractivity contribution in [2.75, 3.05) is 6.54 Å². The zero-order valence-electron chi connectivity index (χ0n) is 10.6. The summed E-state index contributed by atoms with van der Waals surface area (Å²) in [7, 11) is 0. The number of aliphatic carboxylic acids is 1. The fourth-order valence-electron chi connectivity index (χ4n) is 1.21. The van der Waals surface area contributed by atoms with Gasteiger partial charge in [-0.1, -0.05) is 11.6 Å². The number of benzene rings is 1. The van der Waals surface area contributed by atoms with Crippen LogP contribution >= 0.6 is 27.5 Å². The number of carbonyl (C=O) groups excluding carboxylic acids is 1. The molecule has 0 heterocycles. The predicted molar refractivity (Wildman–Crippen MR) is 72.8 cm³/mol. The Bertz CT molecular complexity index is 578. The molecular weight excluding hydrogens is 359 g/mol. The molecule has 1 aromatic carbocycles. The molecule has 0 radical (unpaired) electrons. The van der Waals surface area contributed by atoms with Crippen LogP contribution in [0.3, 0.4) is 0 Å². The number of carboxylic acids is 1. The maximum Gasteiger partial charge on any atom is 0.310 e. The van der Waals surface area contributed by atoms with E-state index in [-0.39, 0.29) is 11.0 Å². The molecule has 1 aromatic rings. The Hall–Kier alpha value is -1.21. The van der Waals surface area contributed by atoms with Crippen molar-refractivity contribution >= 4 is 39.4 Å². The number of nitrogens with one attached hydrogen (secondary N) is 1. The molecule has 0 aliphatic rings. The minimum Gasteiger partial charge on any atom is -0.481 e. The molecular formula is C12H11BrClF2NO3. The molecule has 0 fully saturated rings. The van der Waals surface area contributed by atoms with Gasteiger partial charge in [-0.25, -0.2) is 8.78 Å². The second-order valence-corrected chi connectivity index (χ2v) is 5.89. The van der Waals surface area contributed by atoms with Crippen molar-refractivity contribution in [2.45, 2.75) is 13.8 Å². The molecule has 0 unspecified atom stereocenters. The molecule has 0 aromatic heterocycles. The number of halogens is 4. The molecule has 8 heteroatoms. The van der Waals surface area contributed by atoms with Gasteiger partial charge in [0.25, 0.3) is 5.91 Å². The standard InChI is InChI=1S/C12H11BrClF2NO3/c1-12(2,11(19)20)4-17-10(18)5-3-6(15)7(13)8(14)9(5)16/h3H,4H2,1-2H3,(H,17,18)(H,19,20). The van der Waals surface area contributed by atoms with E-state index in [1.165, 1.54) is 13.8 Å². The van der Waals surface area contributed by atoms with Crippen LogP contribution in [0.5, 0.6) is 0 Å². The average molecular weight is 371 g/mol. The molecule has 110 valence electrons. The normalized spacial score (nSPS) is 11.3. The third kappa shape index (κ3) is 3.46. The number of carboxylic acid groups (broad SMARTS) is 1. The van der Waals surface area contributed by atoms with Crippen LogP contribution in [0.1, 0.15) is 24.2 Å². The lowest BCUT2D eigenvalue weighted by atomic mass is 9.94. The van der Waals surface area contributed by atoms with Crippen LogP contribution < -0.4 is 5.32 Å². The van der Waals surface area contributed by atoms with E-state index >= 15 is 0 Å². The van der Waals surface area contributed by atoms with Gasteiger partial charge >= 0.3 is 5.97 Å². The SMILES string of the molecule is CC(C)(CNC(=O)c1cc(F)c(Br)c(Cl)c1F)C(=O)O. The second kappa shape index (κ2) is 6.05. The third-order valence-corrected chi connectivity index (χ3v) is 3.98. The summed E-state index contributed by atoms with van der Waals surface area (Å²) >= 11 is 8.28. The molecule has 4 nitrogen and oxygen atoms in total. The van der Waals surface area contributed by atoms with Crippen LogP contribution in [-0.4, -0.2) is 23.5 Å². The van der Waals surface area contributed by atoms with E-state index in [0.717, 1.165) is 0 Å². The van der Waals surface area contributed by atoms with Gasteiger partial charge in [0, 0.05) is 6.54 Å². The predicted octanol–water partition coefficient (Wildman–Crippen LogP) is 3.22. The highest BCUT2D eigenvalue weighted by atomic mass is 79.9. The van der Waals surface area contributed by atoms with Crippen molar-refractivity contribution in [3.63, 3.8) is 0 Å². The summed E-state index contributed by atoms with van der Waals surface area (Å²) in [5.74, 6) is -4.03. The van der Waals surface area contributed by atoms with E-state index in [2.05, 4.69) is 21.2 Å². The number of hydrogen-bond acceptors (Lipinski definition) is 2. The summed E-state index contributed by atoms with van der Waals surface area (Å²) in [6.07, 6.45) is 0. The summed E-state index contributed by atoms with van der Waals surface area (Å²) in [5.41, 5.74) is -1.82. The van der Waals surface area contributed by atoms with Gasteiger partial charge in [-0.3, -0.25) is 9.59 Å². The van der Waals surface area contributed by atoms with Crippen LogP contribution in [0, 0.1) is 17.0 Å². The topological polar surface area (TPSA) is 66.4 Å². The Labute approximate surface area is 127 Å². The maximum atomic E-state index is 13.8. The second-order valence-electron chi connectivity index (χ2n) is 4.72. The number of carbonyl (C=O) groups is 2. The molecule has 0 aliphatic carbocycles. The molecule has 0 aliphatic heterocycles. The highest BCUT2D eigenvalue weighted by Crippen LogP contribution is 2.30. The van der Waals surface area contributed by atoms with Gasteiger partial charge in [0.05, 0.1) is 20.5 Å². The van der Waals surface area contributed by atoms with Crippen LogP contribution in [0.15, 0.2) is 10.5 Å². The van der Waals surface area contributed by atoms with Crippen molar-refractivity contribution in [3.8, 4) is 0 Å². The van der Waals surface area contributed by atoms with Crippen molar-refractivity contribution < 1.29 is 23.5 Å². The molecule has 0 saturated heterocycles. The Morgan fingerprint density at radius 1 is 1.45 bits per heavy atom. The third-order valence-electron chi connectivity index (χ3n) is 2.62. The Balaban J connectivity index is 2.98. The molecule has 2 N–H and O–H groups in total. The average Bonchev–Trinajstić information content (AvgIpc) is 2.37. The minimum atomic E-state index is -1.23. The van der Waals surface area contributed by atoms with Crippen LogP contribution in [0.25, 0.3) is 0 Å². The molecule has 0 saturated carbocycles. The van der Waals surface area contributed by atoms with Crippen molar-refractivity contribution in [1.29, 1.82) is 0 Å². The van der Waals surface area contributed by atoms with Gasteiger partial charge in [0.15, 0.2) is 5.82 Å². The lowest BCUT2D eigenvalue weighted by molar-refractivity contribution is -0.146. The van der Waals surface area contributed by atoms with Gasteiger partial charge in [-0.05, 0) is 35.8 Å². The van der Waals surface area contributed by atoms with Crippen molar-refractivity contribution in [1.82, 2.24) is 5.32 Å². The largest absolute Gasteiger partial charge is 0.481 e. The molecule has 0 bridgehead atoms. The number of rotatable bonds is 4. The van der Waals surface area contributed by atoms with Gasteiger partial charge in [0.1, 0.15) is 5.82 Å². The van der Waals surface area contributed by atoms with E-state index in [9.17, 15) is 18.4 Å². The quantitative estimate of drug-likeness (QED) is 0.632. The fourth-order valence-corrected chi connectivity index (χ4v) is 1.69. The summed E-state index contributed by atoms with van der Waals surface area (Å²) in [5, 5.41) is 10.6. The first-order valence-electron chi connectivity index (χ1n) is 5.42. The zero-order valence-corrected chi connectivity index (χ0v) is 12.9. The van der Waals surface area contributed by atoms with Gasteiger partial charge in [0.2, 0.25) is 0 Å². The fraction of sp³-hybridized carbons (Fsp3) is 0.333. The summed E-state index contributed by atoms with van der Waals surface area (Å²) in [6.45, 7) is 2.54. The first-order chi connectivity index (χ1) is 9.08. The maximum absolute atomic E-state index is 13.8. The molecule has 0 spiro atoms. The smallest absolute Gasteiger partial charge is 0.310 e. The van der Waals surface area contributed by atoms with Crippen molar-refractivity contribution in [2.24, 2.45) is 5.41 Å². The highest BCUT2D eigenvalue weighted by molar-refractivity contribution is 9.10. The molecule has 1 amide bonds. The van der Waals surface area contributed by atoms with Crippen LogP contribution in [0.2, 0.25) is 5.02 Å². The van der Waals surface area contributed by atoms with E-state index < -0.39 is 39.5 Å². The Morgan fingerprint density at radius 3 is 2.50 bits per heavy atom. The lowest BCUT2D eigenvalue weighted by Gasteiger charge is -2.19. The van der Waals surface area contributed by atoms with Crippen molar-refractivity contribution in [3.05, 3.63) is 32.8 Å². The zero-order chi connectivity index (χ0) is 15.7. The minimum absolute atomic E-state index is 0.240. The number of hydrogen-bond donors (Lipinski definition) is 2. The Kier molecular flexibility index (Phi) is 5.10. The lowest BCUT2D eigenvalue weighted by Crippen LogP contribution is -2.39. The van der Waals surface area contributed by atoms with Gasteiger partial charge in [-0.2, -0.15) is 0 Å². The summed E-state index contributed by atoms with van der Waals surface area (Å²) < 4.78 is 26.9. The highest BCUT2D eigenvalue weighted by Gasteiger charge is 2.28. The molecule has 1 rings (SSSR count). The van der Waals surface area contributed by atoms with E-state index in [4.69, 9.17) is 16.7 Å². The van der Waals surface area contributed by atoms with Crippen LogP contribution in [-0.2, 0) is 4.79 Å².